The van der Waals surface area contributed by atoms with Crippen LogP contribution in [0.15, 0.2) is 51.9 Å². The molecular weight excluding hydrogens is 390 g/mol. The Hall–Kier alpha value is -2.25. The van der Waals surface area contributed by atoms with Gasteiger partial charge in [0.15, 0.2) is 5.11 Å². The lowest BCUT2D eigenvalue weighted by Crippen LogP contribution is -2.33. The molecule has 2 aromatic rings. The molecule has 0 unspecified atom stereocenters. The van der Waals surface area contributed by atoms with Gasteiger partial charge in [0, 0.05) is 28.4 Å². The highest BCUT2D eigenvalue weighted by Crippen LogP contribution is 2.22. The number of aromatic hydroxyl groups is 1. The van der Waals surface area contributed by atoms with Crippen LogP contribution < -0.4 is 10.6 Å². The molecular formula is C17H16BrN3O2S. The normalized spacial score (nSPS) is 10.6. The Morgan fingerprint density at radius 1 is 1.29 bits per heavy atom. The highest BCUT2D eigenvalue weighted by Gasteiger charge is 2.02. The van der Waals surface area contributed by atoms with Crippen LogP contribution >= 0.6 is 28.1 Å². The average Bonchev–Trinajstić information content (AvgIpc) is 2.56. The molecule has 5 nitrogen and oxygen atoms in total. The van der Waals surface area contributed by atoms with Gasteiger partial charge in [-0.15, -0.1) is 0 Å². The minimum Gasteiger partial charge on any atom is -0.507 e. The third-order valence-corrected chi connectivity index (χ3v) is 3.74. The zero-order valence-electron chi connectivity index (χ0n) is 12.9. The van der Waals surface area contributed by atoms with E-state index in [1.165, 1.54) is 0 Å². The molecule has 0 bridgehead atoms. The molecule has 1 amide bonds. The largest absolute Gasteiger partial charge is 0.507 e. The van der Waals surface area contributed by atoms with Crippen LogP contribution in [-0.4, -0.2) is 22.3 Å². The molecule has 3 N–H and O–H groups in total. The fraction of sp³-hybridized carbons (Fsp3) is 0.118. The van der Waals surface area contributed by atoms with Crippen molar-refractivity contribution in [2.24, 2.45) is 4.99 Å². The zero-order valence-corrected chi connectivity index (χ0v) is 15.3. The van der Waals surface area contributed by atoms with E-state index in [1.807, 2.05) is 0 Å². The molecule has 124 valence electrons. The molecule has 0 aromatic heterocycles. The Morgan fingerprint density at radius 2 is 2.00 bits per heavy atom. The molecule has 0 aliphatic carbocycles. The topological polar surface area (TPSA) is 73.7 Å². The quantitative estimate of drug-likeness (QED) is 0.528. The van der Waals surface area contributed by atoms with Crippen molar-refractivity contribution in [2.45, 2.75) is 13.3 Å². The maximum Gasteiger partial charge on any atom is 0.225 e. The first-order valence-corrected chi connectivity index (χ1v) is 8.41. The van der Waals surface area contributed by atoms with E-state index in [-0.39, 0.29) is 16.8 Å². The summed E-state index contributed by atoms with van der Waals surface area (Å²) < 4.78 is 0.865. The Morgan fingerprint density at radius 3 is 2.67 bits per heavy atom. The second-order valence-corrected chi connectivity index (χ2v) is 6.19. The number of nitrogens with zero attached hydrogens (tertiary/aromatic N) is 1. The number of hydrogen-bond acceptors (Lipinski definition) is 4. The van der Waals surface area contributed by atoms with Crippen LogP contribution in [0.4, 0.5) is 11.4 Å². The van der Waals surface area contributed by atoms with Crippen molar-refractivity contribution >= 4 is 56.8 Å². The number of aliphatic imine (C=N–C) groups is 1. The summed E-state index contributed by atoms with van der Waals surface area (Å²) >= 11 is 8.40. The highest BCUT2D eigenvalue weighted by atomic mass is 79.9. The monoisotopic (exact) mass is 405 g/mol. The van der Waals surface area contributed by atoms with E-state index < -0.39 is 0 Å². The molecule has 0 aliphatic heterocycles. The molecule has 24 heavy (non-hydrogen) atoms. The minimum absolute atomic E-state index is 0.137. The van der Waals surface area contributed by atoms with Crippen molar-refractivity contribution in [2.75, 3.05) is 5.32 Å². The highest BCUT2D eigenvalue weighted by molar-refractivity contribution is 9.10. The number of phenols is 1. The lowest BCUT2D eigenvalue weighted by atomic mass is 10.2. The van der Waals surface area contributed by atoms with Crippen LogP contribution in [0.25, 0.3) is 0 Å². The smallest absolute Gasteiger partial charge is 0.225 e. The number of carbonyl (C=O) groups excluding carboxylic acids is 1. The summed E-state index contributed by atoms with van der Waals surface area (Å²) in [5.74, 6) is 0.0276. The molecule has 0 heterocycles. The molecule has 0 radical (unpaired) electrons. The van der Waals surface area contributed by atoms with Gasteiger partial charge in [0.2, 0.25) is 5.91 Å². The van der Waals surface area contributed by atoms with Gasteiger partial charge in [-0.2, -0.15) is 0 Å². The first-order valence-electron chi connectivity index (χ1n) is 7.21. The van der Waals surface area contributed by atoms with Crippen molar-refractivity contribution in [3.8, 4) is 5.75 Å². The molecule has 2 rings (SSSR count). The fourth-order valence-corrected chi connectivity index (χ4v) is 2.39. The number of phenolic OH excluding ortho intramolecular Hbond substituents is 1. The predicted molar refractivity (Wildman–Crippen MR) is 104 cm³/mol. The molecule has 0 atom stereocenters. The third-order valence-electron chi connectivity index (χ3n) is 3.04. The first-order chi connectivity index (χ1) is 11.5. The number of hydrogen-bond donors (Lipinski definition) is 3. The molecule has 7 heteroatoms. The summed E-state index contributed by atoms with van der Waals surface area (Å²) in [5.41, 5.74) is 2.10. The number of benzene rings is 2. The number of halogens is 1. The Labute approximate surface area is 153 Å². The van der Waals surface area contributed by atoms with Crippen LogP contribution in [-0.2, 0) is 4.79 Å². The van der Waals surface area contributed by atoms with E-state index >= 15 is 0 Å². The summed E-state index contributed by atoms with van der Waals surface area (Å²) in [4.78, 5) is 15.6. The summed E-state index contributed by atoms with van der Waals surface area (Å²) in [6.45, 7) is 1.76. The van der Waals surface area contributed by atoms with Gasteiger partial charge in [0.1, 0.15) is 5.75 Å². The molecule has 0 fully saturated rings. The van der Waals surface area contributed by atoms with E-state index in [0.717, 1.165) is 15.8 Å². The van der Waals surface area contributed by atoms with Crippen molar-refractivity contribution in [1.29, 1.82) is 0 Å². The summed E-state index contributed by atoms with van der Waals surface area (Å²) in [5, 5.41) is 15.5. The van der Waals surface area contributed by atoms with Crippen LogP contribution in [0.2, 0.25) is 0 Å². The van der Waals surface area contributed by atoms with E-state index in [0.29, 0.717) is 12.0 Å². The van der Waals surface area contributed by atoms with Gasteiger partial charge in [-0.3, -0.25) is 9.79 Å². The molecule has 0 saturated carbocycles. The van der Waals surface area contributed by atoms with Crippen LogP contribution in [0.3, 0.4) is 0 Å². The van der Waals surface area contributed by atoms with E-state index in [1.54, 1.807) is 55.6 Å². The van der Waals surface area contributed by atoms with Gasteiger partial charge >= 0.3 is 0 Å². The summed E-state index contributed by atoms with van der Waals surface area (Å²) in [7, 11) is 0. The third kappa shape index (κ3) is 5.43. The second kappa shape index (κ2) is 8.56. The standard InChI is InChI=1S/C17H16BrN3O2S/c1-2-16(23)21-17(24)20-14-6-4-13(5-7-14)19-10-11-9-12(18)3-8-15(11)22/h3-10,22H,2H2,1H3,(H2,20,21,23,24). The fourth-order valence-electron chi connectivity index (χ4n) is 1.78. The Bertz CT molecular complexity index is 776. The van der Waals surface area contributed by atoms with E-state index in [2.05, 4.69) is 31.6 Å². The van der Waals surface area contributed by atoms with Gasteiger partial charge in [-0.25, -0.2) is 0 Å². The number of amides is 1. The number of anilines is 1. The van der Waals surface area contributed by atoms with Crippen molar-refractivity contribution in [3.05, 3.63) is 52.5 Å². The second-order valence-electron chi connectivity index (χ2n) is 4.86. The molecule has 2 aromatic carbocycles. The minimum atomic E-state index is -0.137. The summed E-state index contributed by atoms with van der Waals surface area (Å²) in [6, 6.07) is 12.4. The maximum atomic E-state index is 11.3. The lowest BCUT2D eigenvalue weighted by Gasteiger charge is -2.08. The molecule has 0 aliphatic rings. The van der Waals surface area contributed by atoms with E-state index in [9.17, 15) is 9.90 Å². The molecule has 0 saturated heterocycles. The number of carbonyl (C=O) groups is 1. The van der Waals surface area contributed by atoms with Gasteiger partial charge in [0.25, 0.3) is 0 Å². The predicted octanol–water partition coefficient (Wildman–Crippen LogP) is 4.13. The molecule has 0 spiro atoms. The van der Waals surface area contributed by atoms with Gasteiger partial charge in [-0.1, -0.05) is 22.9 Å². The van der Waals surface area contributed by atoms with Gasteiger partial charge in [-0.05, 0) is 54.7 Å². The number of rotatable bonds is 4. The Kier molecular flexibility index (Phi) is 6.45. The maximum absolute atomic E-state index is 11.3. The van der Waals surface area contributed by atoms with Gasteiger partial charge < -0.3 is 15.7 Å². The first kappa shape index (κ1) is 18.1. The van der Waals surface area contributed by atoms with Crippen LogP contribution in [0.5, 0.6) is 5.75 Å². The summed E-state index contributed by atoms with van der Waals surface area (Å²) in [6.07, 6.45) is 1.96. The van der Waals surface area contributed by atoms with E-state index in [4.69, 9.17) is 12.2 Å². The number of thiocarbonyl (C=S) groups is 1. The number of nitrogens with one attached hydrogen (secondary N) is 2. The average molecular weight is 406 g/mol. The zero-order chi connectivity index (χ0) is 17.5. The van der Waals surface area contributed by atoms with Gasteiger partial charge in [0.05, 0.1) is 5.69 Å². The SMILES string of the molecule is CCC(=O)NC(=S)Nc1ccc(N=Cc2cc(Br)ccc2O)cc1. The van der Waals surface area contributed by atoms with Crippen molar-refractivity contribution in [1.82, 2.24) is 5.32 Å². The van der Waals surface area contributed by atoms with Crippen LogP contribution in [0, 0.1) is 0 Å². The Balaban J connectivity index is 2.01. The van der Waals surface area contributed by atoms with Crippen molar-refractivity contribution < 1.29 is 9.90 Å². The lowest BCUT2D eigenvalue weighted by molar-refractivity contribution is -0.119. The van der Waals surface area contributed by atoms with Crippen molar-refractivity contribution in [3.63, 3.8) is 0 Å². The van der Waals surface area contributed by atoms with Crippen LogP contribution in [0.1, 0.15) is 18.9 Å².